The summed E-state index contributed by atoms with van der Waals surface area (Å²) in [6.07, 6.45) is -1.22. The standard InChI is InChI=1S/C26H40N4O7/c1-15(13-31)28-25(35)20(11-17-12-27-19-10-8-7-9-18(17)19)29-21(33)14-37-30-22(23(34)16(2)32)24(36-6)26(3,4)5/h7-10,12,15-16,20,23-24,27,31-32,34H,11,13-14H2,1-6H3,(H,28,35)(H,29,33)/b30-22+/t15?,16?,20-,23?,24?/m0/s1. The number of methoxy groups -OCH3 is 1. The van der Waals surface area contributed by atoms with E-state index in [1.54, 1.807) is 13.1 Å². The molecule has 0 spiro atoms. The van der Waals surface area contributed by atoms with Gasteiger partial charge >= 0.3 is 0 Å². The van der Waals surface area contributed by atoms with Crippen LogP contribution in [0.4, 0.5) is 0 Å². The van der Waals surface area contributed by atoms with E-state index in [0.717, 1.165) is 16.5 Å². The fraction of sp³-hybridized carbons (Fsp3) is 0.577. The number of oxime groups is 1. The maximum Gasteiger partial charge on any atom is 0.261 e. The van der Waals surface area contributed by atoms with Gasteiger partial charge in [0, 0.05) is 36.7 Å². The maximum atomic E-state index is 12.9. The Morgan fingerprint density at radius 1 is 1.14 bits per heavy atom. The predicted molar refractivity (Wildman–Crippen MR) is 140 cm³/mol. The number of rotatable bonds is 13. The van der Waals surface area contributed by atoms with Crippen molar-refractivity contribution < 1.29 is 34.5 Å². The number of benzene rings is 1. The zero-order valence-corrected chi connectivity index (χ0v) is 22.3. The first-order valence-electron chi connectivity index (χ1n) is 12.2. The molecule has 0 saturated heterocycles. The second-order valence-electron chi connectivity index (χ2n) is 10.2. The highest BCUT2D eigenvalue weighted by molar-refractivity contribution is 5.93. The summed E-state index contributed by atoms with van der Waals surface area (Å²) >= 11 is 0. The van der Waals surface area contributed by atoms with Crippen molar-refractivity contribution in [1.82, 2.24) is 15.6 Å². The number of fused-ring (bicyclic) bond motifs is 1. The van der Waals surface area contributed by atoms with Gasteiger partial charge < -0.3 is 40.5 Å². The number of ether oxygens (including phenoxy) is 1. The highest BCUT2D eigenvalue weighted by Gasteiger charge is 2.36. The lowest BCUT2D eigenvalue weighted by Gasteiger charge is -2.32. The highest BCUT2D eigenvalue weighted by atomic mass is 16.6. The lowest BCUT2D eigenvalue weighted by molar-refractivity contribution is -0.132. The molecule has 0 aliphatic heterocycles. The number of nitrogens with one attached hydrogen (secondary N) is 3. The van der Waals surface area contributed by atoms with Gasteiger partial charge in [-0.2, -0.15) is 0 Å². The fourth-order valence-electron chi connectivity index (χ4n) is 3.94. The minimum atomic E-state index is -1.37. The molecule has 0 radical (unpaired) electrons. The molecule has 0 bridgehead atoms. The van der Waals surface area contributed by atoms with E-state index in [1.807, 2.05) is 45.0 Å². The number of aliphatic hydroxyl groups is 3. The SMILES string of the molecule is COC(/C(=N/OCC(=O)N[C@@H](Cc1c[nH]c2ccccc12)C(=O)NC(C)CO)C(O)C(C)O)C(C)(C)C. The largest absolute Gasteiger partial charge is 0.394 e. The van der Waals surface area contributed by atoms with Gasteiger partial charge in [-0.15, -0.1) is 0 Å². The van der Waals surface area contributed by atoms with E-state index >= 15 is 0 Å². The number of amides is 2. The molecule has 11 heteroatoms. The Labute approximate surface area is 217 Å². The van der Waals surface area contributed by atoms with Gasteiger partial charge in [0.15, 0.2) is 6.61 Å². The predicted octanol–water partition coefficient (Wildman–Crippen LogP) is 0.868. The molecule has 6 N–H and O–H groups in total. The van der Waals surface area contributed by atoms with Gasteiger partial charge in [0.05, 0.1) is 12.7 Å². The molecule has 2 aromatic rings. The maximum absolute atomic E-state index is 12.9. The van der Waals surface area contributed by atoms with Gasteiger partial charge in [0.1, 0.15) is 24.0 Å². The average molecular weight is 521 g/mol. The molecule has 206 valence electrons. The first-order valence-corrected chi connectivity index (χ1v) is 12.2. The third-order valence-corrected chi connectivity index (χ3v) is 5.83. The van der Waals surface area contributed by atoms with Crippen LogP contribution in [-0.2, 0) is 25.6 Å². The van der Waals surface area contributed by atoms with Crippen LogP contribution >= 0.6 is 0 Å². The van der Waals surface area contributed by atoms with Crippen molar-refractivity contribution in [2.75, 3.05) is 20.3 Å². The van der Waals surface area contributed by atoms with E-state index in [0.29, 0.717) is 0 Å². The van der Waals surface area contributed by atoms with Gasteiger partial charge in [-0.1, -0.05) is 44.1 Å². The molecule has 4 unspecified atom stereocenters. The summed E-state index contributed by atoms with van der Waals surface area (Å²) in [5, 5.41) is 39.9. The van der Waals surface area contributed by atoms with Crippen molar-refractivity contribution in [2.45, 2.75) is 71.4 Å². The van der Waals surface area contributed by atoms with Crippen molar-refractivity contribution in [3.8, 4) is 0 Å². The summed E-state index contributed by atoms with van der Waals surface area (Å²) in [6, 6.07) is 6.17. The molecule has 5 atom stereocenters. The second kappa shape index (κ2) is 13.5. The lowest BCUT2D eigenvalue weighted by Crippen LogP contribution is -2.51. The molecule has 1 aromatic carbocycles. The summed E-state index contributed by atoms with van der Waals surface area (Å²) in [6.45, 7) is 7.89. The molecule has 11 nitrogen and oxygen atoms in total. The monoisotopic (exact) mass is 520 g/mol. The summed E-state index contributed by atoms with van der Waals surface area (Å²) < 4.78 is 5.48. The van der Waals surface area contributed by atoms with E-state index in [1.165, 1.54) is 14.0 Å². The second-order valence-corrected chi connectivity index (χ2v) is 10.2. The zero-order chi connectivity index (χ0) is 27.8. The number of aromatic amines is 1. The smallest absolute Gasteiger partial charge is 0.261 e. The number of para-hydroxylation sites is 1. The molecule has 1 heterocycles. The lowest BCUT2D eigenvalue weighted by atomic mass is 9.83. The minimum Gasteiger partial charge on any atom is -0.394 e. The van der Waals surface area contributed by atoms with E-state index in [9.17, 15) is 24.9 Å². The van der Waals surface area contributed by atoms with E-state index in [4.69, 9.17) is 9.57 Å². The number of hydrogen-bond acceptors (Lipinski definition) is 8. The van der Waals surface area contributed by atoms with Crippen LogP contribution in [0.25, 0.3) is 10.9 Å². The van der Waals surface area contributed by atoms with Gasteiger partial charge in [0.25, 0.3) is 5.91 Å². The Morgan fingerprint density at radius 2 is 1.81 bits per heavy atom. The Balaban J connectivity index is 2.18. The van der Waals surface area contributed by atoms with Gasteiger partial charge in [0.2, 0.25) is 5.91 Å². The van der Waals surface area contributed by atoms with Gasteiger partial charge in [-0.3, -0.25) is 9.59 Å². The molecule has 0 aliphatic carbocycles. The molecule has 0 saturated carbocycles. The number of aliphatic hydroxyl groups excluding tert-OH is 3. The Bertz CT molecular complexity index is 1060. The first kappa shape index (κ1) is 30.2. The number of carbonyl (C=O) groups excluding carboxylic acids is 2. The van der Waals surface area contributed by atoms with Gasteiger partial charge in [-0.25, -0.2) is 0 Å². The number of nitrogens with zero attached hydrogens (tertiary/aromatic N) is 1. The summed E-state index contributed by atoms with van der Waals surface area (Å²) in [4.78, 5) is 34.0. The van der Waals surface area contributed by atoms with E-state index in [-0.39, 0.29) is 18.7 Å². The Morgan fingerprint density at radius 3 is 2.41 bits per heavy atom. The quantitative estimate of drug-likeness (QED) is 0.168. The third-order valence-electron chi connectivity index (χ3n) is 5.83. The fourth-order valence-corrected chi connectivity index (χ4v) is 3.94. The van der Waals surface area contributed by atoms with Gasteiger partial charge in [-0.05, 0) is 30.9 Å². The van der Waals surface area contributed by atoms with Crippen LogP contribution in [0, 0.1) is 5.41 Å². The summed E-state index contributed by atoms with van der Waals surface area (Å²) in [7, 11) is 1.45. The molecule has 2 amide bonds. The normalized spacial score (nSPS) is 16.5. The molecular weight excluding hydrogens is 480 g/mol. The summed E-state index contributed by atoms with van der Waals surface area (Å²) in [5.41, 5.74) is 1.30. The highest BCUT2D eigenvalue weighted by Crippen LogP contribution is 2.25. The summed E-state index contributed by atoms with van der Waals surface area (Å²) in [5.74, 6) is -1.07. The minimum absolute atomic E-state index is 0.0441. The van der Waals surface area contributed by atoms with Crippen molar-refractivity contribution in [3.63, 3.8) is 0 Å². The van der Waals surface area contributed by atoms with Crippen molar-refractivity contribution in [2.24, 2.45) is 10.6 Å². The molecule has 1 aromatic heterocycles. The van der Waals surface area contributed by atoms with Crippen LogP contribution < -0.4 is 10.6 Å². The Hall–Kier alpha value is -2.99. The van der Waals surface area contributed by atoms with E-state index < -0.39 is 54.2 Å². The van der Waals surface area contributed by atoms with Crippen LogP contribution in [0.5, 0.6) is 0 Å². The number of hydrogen-bond donors (Lipinski definition) is 6. The van der Waals surface area contributed by atoms with Crippen LogP contribution in [0.1, 0.15) is 40.2 Å². The molecule has 2 rings (SSSR count). The Kier molecular flexibility index (Phi) is 11.1. The molecular formula is C26H40N4O7. The van der Waals surface area contributed by atoms with Crippen molar-refractivity contribution in [3.05, 3.63) is 36.0 Å². The number of H-pyrrole nitrogens is 1. The topological polar surface area (TPSA) is 166 Å². The van der Waals surface area contributed by atoms with Crippen LogP contribution in [0.3, 0.4) is 0 Å². The van der Waals surface area contributed by atoms with Crippen LogP contribution in [-0.4, -0.2) is 88.5 Å². The van der Waals surface area contributed by atoms with Crippen LogP contribution in [0.15, 0.2) is 35.6 Å². The zero-order valence-electron chi connectivity index (χ0n) is 22.3. The van der Waals surface area contributed by atoms with Crippen molar-refractivity contribution >= 4 is 28.4 Å². The molecule has 37 heavy (non-hydrogen) atoms. The molecule has 0 fully saturated rings. The average Bonchev–Trinajstić information content (AvgIpc) is 3.24. The number of aromatic nitrogens is 1. The van der Waals surface area contributed by atoms with E-state index in [2.05, 4.69) is 20.8 Å². The first-order chi connectivity index (χ1) is 17.4. The van der Waals surface area contributed by atoms with Crippen molar-refractivity contribution in [1.29, 1.82) is 0 Å². The third kappa shape index (κ3) is 8.53. The van der Waals surface area contributed by atoms with Crippen LogP contribution in [0.2, 0.25) is 0 Å². The molecule has 0 aliphatic rings. The number of carbonyl (C=O) groups is 2.